The number of hydrogen-bond acceptors (Lipinski definition) is 4. The number of benzene rings is 2. The van der Waals surface area contributed by atoms with Crippen molar-refractivity contribution in [2.75, 3.05) is 6.61 Å². The number of carboxylic acid groups (broad SMARTS) is 1. The highest BCUT2D eigenvalue weighted by Crippen LogP contribution is 2.44. The van der Waals surface area contributed by atoms with Crippen LogP contribution in [-0.2, 0) is 14.3 Å². The van der Waals surface area contributed by atoms with E-state index in [1.165, 1.54) is 11.1 Å². The average molecular weight is 451 g/mol. The number of rotatable bonds is 8. The maximum absolute atomic E-state index is 12.4. The van der Waals surface area contributed by atoms with E-state index in [1.807, 2.05) is 24.3 Å². The van der Waals surface area contributed by atoms with Crippen molar-refractivity contribution >= 4 is 18.0 Å². The van der Waals surface area contributed by atoms with E-state index in [4.69, 9.17) is 9.84 Å². The molecule has 7 nitrogen and oxygen atoms in total. The summed E-state index contributed by atoms with van der Waals surface area (Å²) in [6.45, 7) is 1.99. The molecular weight excluding hydrogens is 420 g/mol. The van der Waals surface area contributed by atoms with Gasteiger partial charge in [0.1, 0.15) is 6.61 Å². The van der Waals surface area contributed by atoms with E-state index < -0.39 is 12.1 Å². The zero-order valence-electron chi connectivity index (χ0n) is 18.8. The maximum atomic E-state index is 12.4. The number of aliphatic carboxylic acids is 1. The van der Waals surface area contributed by atoms with Gasteiger partial charge in [0, 0.05) is 30.8 Å². The molecule has 0 heterocycles. The lowest BCUT2D eigenvalue weighted by Crippen LogP contribution is -2.40. The largest absolute Gasteiger partial charge is 0.481 e. The summed E-state index contributed by atoms with van der Waals surface area (Å²) in [5.41, 5.74) is 4.64. The van der Waals surface area contributed by atoms with E-state index in [2.05, 4.69) is 34.9 Å². The van der Waals surface area contributed by atoms with Gasteiger partial charge in [-0.05, 0) is 54.4 Å². The molecular formula is C26H30N2O5. The van der Waals surface area contributed by atoms with Crippen molar-refractivity contribution in [1.29, 1.82) is 0 Å². The Balaban J connectivity index is 1.23. The van der Waals surface area contributed by atoms with Gasteiger partial charge in [0.15, 0.2) is 0 Å². The summed E-state index contributed by atoms with van der Waals surface area (Å²) in [7, 11) is 0. The average Bonchev–Trinajstić information content (AvgIpc) is 3.33. The summed E-state index contributed by atoms with van der Waals surface area (Å²) in [4.78, 5) is 35.6. The third-order valence-corrected chi connectivity index (χ3v) is 6.57. The van der Waals surface area contributed by atoms with Gasteiger partial charge in [-0.3, -0.25) is 9.59 Å². The number of carbonyl (C=O) groups is 3. The first-order valence-corrected chi connectivity index (χ1v) is 11.5. The molecule has 3 atom stereocenters. The summed E-state index contributed by atoms with van der Waals surface area (Å²) in [5.74, 6) is -0.845. The van der Waals surface area contributed by atoms with Gasteiger partial charge in [0.25, 0.3) is 0 Å². The molecule has 2 aromatic carbocycles. The van der Waals surface area contributed by atoms with Crippen molar-refractivity contribution < 1.29 is 24.2 Å². The van der Waals surface area contributed by atoms with E-state index in [9.17, 15) is 14.4 Å². The van der Waals surface area contributed by atoms with Crippen LogP contribution in [0.2, 0.25) is 0 Å². The van der Waals surface area contributed by atoms with Crippen LogP contribution in [0.5, 0.6) is 0 Å². The van der Waals surface area contributed by atoms with Crippen molar-refractivity contribution in [3.05, 3.63) is 59.7 Å². The molecule has 1 saturated carbocycles. The van der Waals surface area contributed by atoms with E-state index in [0.29, 0.717) is 6.42 Å². The number of alkyl carbamates (subject to hydrolysis) is 1. The Morgan fingerprint density at radius 1 is 1.03 bits per heavy atom. The van der Waals surface area contributed by atoms with Gasteiger partial charge >= 0.3 is 12.1 Å². The number of hydrogen-bond donors (Lipinski definition) is 3. The standard InChI is InChI=1S/C26H30N2O5/c1-16(12-24(29)28-18-11-10-17(13-18)14-25(30)31)27-26(32)33-15-23-21-8-4-2-6-19(21)20-7-3-5-9-22(20)23/h2-9,16-18,23H,10-15H2,1H3,(H,27,32)(H,28,29)(H,30,31)/t16-,17+,18-/m1/s1. The lowest BCUT2D eigenvalue weighted by atomic mass is 9.98. The number of fused-ring (bicyclic) bond motifs is 3. The van der Waals surface area contributed by atoms with Gasteiger partial charge < -0.3 is 20.5 Å². The second-order valence-electron chi connectivity index (χ2n) is 9.12. The number of carboxylic acids is 1. The first-order chi connectivity index (χ1) is 15.9. The topological polar surface area (TPSA) is 105 Å². The number of amides is 2. The third kappa shape index (κ3) is 5.53. The maximum Gasteiger partial charge on any atom is 0.407 e. The molecule has 174 valence electrons. The van der Waals surface area contributed by atoms with Gasteiger partial charge in [-0.1, -0.05) is 48.5 Å². The smallest absolute Gasteiger partial charge is 0.407 e. The van der Waals surface area contributed by atoms with Crippen LogP contribution in [0, 0.1) is 5.92 Å². The van der Waals surface area contributed by atoms with Crippen molar-refractivity contribution in [3.8, 4) is 11.1 Å². The van der Waals surface area contributed by atoms with Crippen LogP contribution in [0.4, 0.5) is 4.79 Å². The fraction of sp³-hybridized carbons (Fsp3) is 0.423. The molecule has 33 heavy (non-hydrogen) atoms. The lowest BCUT2D eigenvalue weighted by Gasteiger charge is -2.18. The quantitative estimate of drug-likeness (QED) is 0.563. The van der Waals surface area contributed by atoms with Crippen LogP contribution >= 0.6 is 0 Å². The van der Waals surface area contributed by atoms with E-state index in [-0.39, 0.29) is 49.3 Å². The van der Waals surface area contributed by atoms with Crippen molar-refractivity contribution in [2.45, 2.75) is 57.0 Å². The molecule has 7 heteroatoms. The fourth-order valence-corrected chi connectivity index (χ4v) is 5.10. The first kappa shape index (κ1) is 22.8. The summed E-state index contributed by atoms with van der Waals surface area (Å²) in [6, 6.07) is 15.9. The third-order valence-electron chi connectivity index (χ3n) is 6.57. The van der Waals surface area contributed by atoms with Crippen molar-refractivity contribution in [2.24, 2.45) is 5.92 Å². The molecule has 3 N–H and O–H groups in total. The SMILES string of the molecule is C[C@H](CC(=O)N[C@@H]1CC[C@H](CC(=O)O)C1)NC(=O)OCC1c2ccccc2-c2ccccc21. The molecule has 0 aliphatic heterocycles. The number of ether oxygens (including phenoxy) is 1. The summed E-state index contributed by atoms with van der Waals surface area (Å²) in [5, 5.41) is 14.6. The highest BCUT2D eigenvalue weighted by Gasteiger charge is 2.30. The van der Waals surface area contributed by atoms with Crippen LogP contribution in [0.1, 0.15) is 56.1 Å². The second-order valence-corrected chi connectivity index (χ2v) is 9.12. The van der Waals surface area contributed by atoms with Gasteiger partial charge in [-0.15, -0.1) is 0 Å². The molecule has 0 unspecified atom stereocenters. The molecule has 2 aromatic rings. The minimum Gasteiger partial charge on any atom is -0.481 e. The van der Waals surface area contributed by atoms with Crippen LogP contribution < -0.4 is 10.6 Å². The molecule has 1 fully saturated rings. The Morgan fingerprint density at radius 2 is 1.67 bits per heavy atom. The highest BCUT2D eigenvalue weighted by atomic mass is 16.5. The normalized spacial score (nSPS) is 19.9. The van der Waals surface area contributed by atoms with E-state index in [0.717, 1.165) is 24.0 Å². The molecule has 0 aromatic heterocycles. The minimum absolute atomic E-state index is 0.00324. The molecule has 0 spiro atoms. The summed E-state index contributed by atoms with van der Waals surface area (Å²) >= 11 is 0. The van der Waals surface area contributed by atoms with Gasteiger partial charge in [-0.2, -0.15) is 0 Å². The van der Waals surface area contributed by atoms with Crippen molar-refractivity contribution in [3.63, 3.8) is 0 Å². The Morgan fingerprint density at radius 3 is 2.30 bits per heavy atom. The summed E-state index contributed by atoms with van der Waals surface area (Å²) in [6.07, 6.45) is 2.03. The molecule has 2 aliphatic carbocycles. The molecule has 2 aliphatic rings. The lowest BCUT2D eigenvalue weighted by molar-refractivity contribution is -0.138. The fourth-order valence-electron chi connectivity index (χ4n) is 5.10. The van der Waals surface area contributed by atoms with Crippen LogP contribution in [0.15, 0.2) is 48.5 Å². The summed E-state index contributed by atoms with van der Waals surface area (Å²) < 4.78 is 5.54. The van der Waals surface area contributed by atoms with E-state index in [1.54, 1.807) is 6.92 Å². The van der Waals surface area contributed by atoms with Crippen LogP contribution in [0.3, 0.4) is 0 Å². The predicted molar refractivity (Wildman–Crippen MR) is 124 cm³/mol. The Kier molecular flexibility index (Phi) is 6.96. The monoisotopic (exact) mass is 450 g/mol. The predicted octanol–water partition coefficient (Wildman–Crippen LogP) is 4.06. The zero-order chi connectivity index (χ0) is 23.4. The molecule has 0 bridgehead atoms. The van der Waals surface area contributed by atoms with Gasteiger partial charge in [-0.25, -0.2) is 4.79 Å². The molecule has 4 rings (SSSR count). The van der Waals surface area contributed by atoms with Crippen LogP contribution in [0.25, 0.3) is 11.1 Å². The van der Waals surface area contributed by atoms with Crippen molar-refractivity contribution in [1.82, 2.24) is 10.6 Å². The Labute approximate surface area is 193 Å². The number of carbonyl (C=O) groups excluding carboxylic acids is 2. The minimum atomic E-state index is -0.798. The Hall–Kier alpha value is -3.35. The van der Waals surface area contributed by atoms with Crippen LogP contribution in [-0.4, -0.2) is 41.8 Å². The Bertz CT molecular complexity index is 991. The zero-order valence-corrected chi connectivity index (χ0v) is 18.8. The van der Waals surface area contributed by atoms with E-state index >= 15 is 0 Å². The molecule has 2 amide bonds. The van der Waals surface area contributed by atoms with Gasteiger partial charge in [0.2, 0.25) is 5.91 Å². The molecule has 0 radical (unpaired) electrons. The first-order valence-electron chi connectivity index (χ1n) is 11.5. The number of nitrogens with one attached hydrogen (secondary N) is 2. The second kappa shape index (κ2) is 10.1. The molecule has 0 saturated heterocycles. The van der Waals surface area contributed by atoms with Gasteiger partial charge in [0.05, 0.1) is 0 Å². The highest BCUT2D eigenvalue weighted by molar-refractivity contribution is 5.79.